The first-order chi connectivity index (χ1) is 14.3. The molecule has 3 N–H and O–H groups in total. The van der Waals surface area contributed by atoms with E-state index in [1.807, 2.05) is 0 Å². The molecule has 4 aromatic rings. The van der Waals surface area contributed by atoms with Gasteiger partial charge in [-0.3, -0.25) is 9.52 Å². The second-order valence-corrected chi connectivity index (χ2v) is 8.13. The second-order valence-electron chi connectivity index (χ2n) is 6.45. The van der Waals surface area contributed by atoms with Gasteiger partial charge in [-0.15, -0.1) is 0 Å². The monoisotopic (exact) mass is 429 g/mol. The molecule has 0 radical (unpaired) electrons. The maximum Gasteiger partial charge on any atom is 0.340 e. The number of sulfonamides is 1. The number of anilines is 1. The van der Waals surface area contributed by atoms with Gasteiger partial charge in [0.25, 0.3) is 15.6 Å². The minimum absolute atomic E-state index is 0.0938. The Hall–Kier alpha value is -3.66. The summed E-state index contributed by atoms with van der Waals surface area (Å²) < 4.78 is 46.1. The number of ether oxygens (including phenoxy) is 1. The first-order valence-corrected chi connectivity index (χ1v) is 10.4. The van der Waals surface area contributed by atoms with E-state index >= 15 is 0 Å². The maximum absolute atomic E-state index is 13.1. The second kappa shape index (κ2) is 7.30. The molecule has 0 aliphatic carbocycles. The molecule has 0 bridgehead atoms. The predicted octanol–water partition coefficient (Wildman–Crippen LogP) is 3.13. The molecule has 0 aliphatic heterocycles. The van der Waals surface area contributed by atoms with Gasteiger partial charge in [0.2, 0.25) is 0 Å². The van der Waals surface area contributed by atoms with Crippen molar-refractivity contribution in [2.75, 3.05) is 11.3 Å². The van der Waals surface area contributed by atoms with Gasteiger partial charge in [-0.25, -0.2) is 17.6 Å². The first kappa shape index (κ1) is 19.6. The summed E-state index contributed by atoms with van der Waals surface area (Å²) in [7, 11) is -4.01. The molecule has 154 valence electrons. The highest BCUT2D eigenvalue weighted by molar-refractivity contribution is 7.92. The summed E-state index contributed by atoms with van der Waals surface area (Å²) in [6.07, 6.45) is 1.36. The predicted molar refractivity (Wildman–Crippen MR) is 110 cm³/mol. The molecule has 0 unspecified atom stereocenters. The van der Waals surface area contributed by atoms with E-state index in [0.29, 0.717) is 10.9 Å². The number of esters is 1. The molecule has 0 spiro atoms. The number of hydrogen-bond donors (Lipinski definition) is 3. The number of halogens is 1. The lowest BCUT2D eigenvalue weighted by Gasteiger charge is -2.10. The number of pyridine rings is 1. The van der Waals surface area contributed by atoms with E-state index in [1.165, 1.54) is 36.5 Å². The number of aromatic nitrogens is 2. The third kappa shape index (κ3) is 3.41. The van der Waals surface area contributed by atoms with Gasteiger partial charge in [0.1, 0.15) is 11.3 Å². The topological polar surface area (TPSA) is 121 Å². The Balaban J connectivity index is 1.88. The average Bonchev–Trinajstić information content (AvgIpc) is 3.16. The lowest BCUT2D eigenvalue weighted by Crippen LogP contribution is -2.13. The van der Waals surface area contributed by atoms with Gasteiger partial charge < -0.3 is 14.7 Å². The van der Waals surface area contributed by atoms with Crippen LogP contribution in [-0.4, -0.2) is 31.0 Å². The van der Waals surface area contributed by atoms with Gasteiger partial charge in [-0.2, -0.15) is 0 Å². The Morgan fingerprint density at radius 2 is 1.90 bits per heavy atom. The number of aromatic amines is 2. The van der Waals surface area contributed by atoms with Crippen LogP contribution in [0.2, 0.25) is 0 Å². The van der Waals surface area contributed by atoms with Crippen LogP contribution >= 0.6 is 0 Å². The molecule has 30 heavy (non-hydrogen) atoms. The molecule has 0 fully saturated rings. The minimum Gasteiger partial charge on any atom is -0.462 e. The van der Waals surface area contributed by atoms with Crippen molar-refractivity contribution < 1.29 is 22.3 Å². The van der Waals surface area contributed by atoms with Crippen LogP contribution < -0.4 is 10.3 Å². The van der Waals surface area contributed by atoms with Crippen LogP contribution in [0.1, 0.15) is 17.3 Å². The zero-order valence-electron chi connectivity index (χ0n) is 15.7. The number of fused-ring (bicyclic) bond motifs is 3. The van der Waals surface area contributed by atoms with E-state index in [9.17, 15) is 22.4 Å². The number of benzene rings is 2. The van der Waals surface area contributed by atoms with Crippen LogP contribution in [0.3, 0.4) is 0 Å². The lowest BCUT2D eigenvalue weighted by molar-refractivity contribution is 0.0529. The van der Waals surface area contributed by atoms with E-state index in [4.69, 9.17) is 4.74 Å². The van der Waals surface area contributed by atoms with Crippen LogP contribution in [0.5, 0.6) is 0 Å². The smallest absolute Gasteiger partial charge is 0.340 e. The van der Waals surface area contributed by atoms with E-state index in [2.05, 4.69) is 14.7 Å². The van der Waals surface area contributed by atoms with Crippen molar-refractivity contribution in [3.05, 3.63) is 70.4 Å². The van der Waals surface area contributed by atoms with Crippen molar-refractivity contribution >= 4 is 43.5 Å². The zero-order chi connectivity index (χ0) is 21.5. The van der Waals surface area contributed by atoms with Crippen LogP contribution in [0, 0.1) is 5.82 Å². The van der Waals surface area contributed by atoms with E-state index in [-0.39, 0.29) is 33.7 Å². The van der Waals surface area contributed by atoms with Gasteiger partial charge in [0, 0.05) is 28.2 Å². The SMILES string of the molecule is CCOC(=O)c1c[nH]c2c(=O)[nH]c3ccc(S(=O)(=O)Nc4ccc(F)cc4)cc3c12. The van der Waals surface area contributed by atoms with Gasteiger partial charge in [0.15, 0.2) is 0 Å². The van der Waals surface area contributed by atoms with Crippen molar-refractivity contribution in [1.82, 2.24) is 9.97 Å². The molecule has 8 nitrogen and oxygen atoms in total. The van der Waals surface area contributed by atoms with Gasteiger partial charge in [0.05, 0.1) is 17.1 Å². The Labute approximate surface area is 169 Å². The molecule has 4 rings (SSSR count). The van der Waals surface area contributed by atoms with Crippen molar-refractivity contribution in [3.63, 3.8) is 0 Å². The maximum atomic E-state index is 13.1. The zero-order valence-corrected chi connectivity index (χ0v) is 16.5. The first-order valence-electron chi connectivity index (χ1n) is 8.93. The van der Waals surface area contributed by atoms with Crippen LogP contribution in [-0.2, 0) is 14.8 Å². The number of H-pyrrole nitrogens is 2. The van der Waals surface area contributed by atoms with Crippen LogP contribution in [0.4, 0.5) is 10.1 Å². The number of carbonyl (C=O) groups excluding carboxylic acids is 1. The van der Waals surface area contributed by atoms with Gasteiger partial charge >= 0.3 is 5.97 Å². The Bertz CT molecular complexity index is 1440. The van der Waals surface area contributed by atoms with Crippen LogP contribution in [0.15, 0.2) is 58.4 Å². The summed E-state index contributed by atoms with van der Waals surface area (Å²) >= 11 is 0. The summed E-state index contributed by atoms with van der Waals surface area (Å²) in [6.45, 7) is 1.80. The Morgan fingerprint density at radius 1 is 1.17 bits per heavy atom. The fourth-order valence-electron chi connectivity index (χ4n) is 3.18. The fourth-order valence-corrected chi connectivity index (χ4v) is 4.26. The molecule has 0 atom stereocenters. The highest BCUT2D eigenvalue weighted by Crippen LogP contribution is 2.28. The molecule has 0 amide bonds. The van der Waals surface area contributed by atoms with Crippen molar-refractivity contribution in [2.24, 2.45) is 0 Å². The molecule has 10 heteroatoms. The number of hydrogen-bond acceptors (Lipinski definition) is 5. The average molecular weight is 429 g/mol. The number of carbonyl (C=O) groups is 1. The Morgan fingerprint density at radius 3 is 2.60 bits per heavy atom. The largest absolute Gasteiger partial charge is 0.462 e. The minimum atomic E-state index is -4.01. The molecular formula is C20H16FN3O5S. The summed E-state index contributed by atoms with van der Waals surface area (Å²) in [6, 6.07) is 9.00. The summed E-state index contributed by atoms with van der Waals surface area (Å²) in [4.78, 5) is 30.0. The summed E-state index contributed by atoms with van der Waals surface area (Å²) in [5, 5.41) is 0.627. The number of rotatable bonds is 5. The third-order valence-electron chi connectivity index (χ3n) is 4.52. The molecule has 0 aliphatic rings. The molecule has 2 aromatic carbocycles. The van der Waals surface area contributed by atoms with E-state index in [1.54, 1.807) is 6.92 Å². The molecule has 2 aromatic heterocycles. The molecule has 2 heterocycles. The molecule has 0 saturated carbocycles. The van der Waals surface area contributed by atoms with Gasteiger partial charge in [-0.1, -0.05) is 0 Å². The third-order valence-corrected chi connectivity index (χ3v) is 5.90. The quantitative estimate of drug-likeness (QED) is 0.421. The fraction of sp³-hybridized carbons (Fsp3) is 0.100. The molecular weight excluding hydrogens is 413 g/mol. The summed E-state index contributed by atoms with van der Waals surface area (Å²) in [5.74, 6) is -1.12. The normalized spacial score (nSPS) is 11.7. The summed E-state index contributed by atoms with van der Waals surface area (Å²) in [5.41, 5.74) is 0.360. The highest BCUT2D eigenvalue weighted by atomic mass is 32.2. The van der Waals surface area contributed by atoms with Crippen molar-refractivity contribution in [3.8, 4) is 0 Å². The van der Waals surface area contributed by atoms with Gasteiger partial charge in [-0.05, 0) is 49.4 Å². The Kier molecular flexibility index (Phi) is 4.78. The standard InChI is InChI=1S/C20H16FN3O5S/c1-2-29-20(26)15-10-22-18-17(15)14-9-13(7-8-16(14)23-19(18)25)30(27,28)24-12-5-3-11(21)4-6-12/h3-10,22,24H,2H2,1H3,(H,23,25). The van der Waals surface area contributed by atoms with E-state index in [0.717, 1.165) is 12.1 Å². The number of nitrogens with one attached hydrogen (secondary N) is 3. The van der Waals surface area contributed by atoms with Crippen LogP contribution in [0.25, 0.3) is 21.8 Å². The van der Waals surface area contributed by atoms with E-state index < -0.39 is 27.4 Å². The van der Waals surface area contributed by atoms with Crippen molar-refractivity contribution in [2.45, 2.75) is 11.8 Å². The van der Waals surface area contributed by atoms with Crippen molar-refractivity contribution in [1.29, 1.82) is 0 Å². The molecule has 0 saturated heterocycles. The lowest BCUT2D eigenvalue weighted by atomic mass is 10.1. The highest BCUT2D eigenvalue weighted by Gasteiger charge is 2.21.